The molecule has 7 aromatic carbocycles. The van der Waals surface area contributed by atoms with Crippen molar-refractivity contribution < 1.29 is 4.74 Å². The van der Waals surface area contributed by atoms with Gasteiger partial charge in [0.05, 0.1) is 0 Å². The second kappa shape index (κ2) is 11.5. The third kappa shape index (κ3) is 4.58. The van der Waals surface area contributed by atoms with Gasteiger partial charge in [-0.2, -0.15) is 0 Å². The van der Waals surface area contributed by atoms with Gasteiger partial charge in [-0.25, -0.2) is 0 Å². The SMILES string of the molecule is Cc1ccc(N2c3cc4c(cc3B3c5ccc(C(C)(C)C)cc5Oc5cc(C)cc2c53)[Si](c2ccccc2)(c2ccccc2)c2ccccc2-4)c(C)c1. The van der Waals surface area contributed by atoms with Gasteiger partial charge < -0.3 is 9.64 Å². The van der Waals surface area contributed by atoms with Gasteiger partial charge in [0.25, 0.3) is 6.71 Å². The average Bonchev–Trinajstić information content (AvgIpc) is 3.44. The first-order valence-corrected chi connectivity index (χ1v) is 20.9. The molecule has 3 heterocycles. The van der Waals surface area contributed by atoms with E-state index in [1.807, 2.05) is 0 Å². The number of benzene rings is 7. The van der Waals surface area contributed by atoms with Crippen LogP contribution in [0.3, 0.4) is 0 Å². The number of rotatable bonds is 3. The van der Waals surface area contributed by atoms with Crippen LogP contribution < -0.4 is 46.8 Å². The number of hydrogen-bond acceptors (Lipinski definition) is 2. The van der Waals surface area contributed by atoms with E-state index in [1.165, 1.54) is 87.6 Å². The summed E-state index contributed by atoms with van der Waals surface area (Å²) in [7, 11) is -2.72. The number of hydrogen-bond donors (Lipinski definition) is 0. The summed E-state index contributed by atoms with van der Waals surface area (Å²) in [5, 5.41) is 5.76. The molecular formula is C49H42BNOSi. The van der Waals surface area contributed by atoms with Crippen molar-refractivity contribution in [2.24, 2.45) is 0 Å². The predicted octanol–water partition coefficient (Wildman–Crippen LogP) is 7.67. The van der Waals surface area contributed by atoms with Crippen molar-refractivity contribution in [2.75, 3.05) is 4.90 Å². The molecule has 3 aliphatic heterocycles. The summed E-state index contributed by atoms with van der Waals surface area (Å²) in [5.41, 5.74) is 15.2. The smallest absolute Gasteiger partial charge is 0.256 e. The zero-order chi connectivity index (χ0) is 36.2. The maximum absolute atomic E-state index is 6.99. The van der Waals surface area contributed by atoms with E-state index in [2.05, 4.69) is 192 Å². The fraction of sp³-hybridized carbons (Fsp3) is 0.143. The molecule has 7 aromatic rings. The topological polar surface area (TPSA) is 12.5 Å². The maximum Gasteiger partial charge on any atom is 0.256 e. The van der Waals surface area contributed by atoms with Crippen LogP contribution >= 0.6 is 0 Å². The van der Waals surface area contributed by atoms with E-state index in [0.29, 0.717) is 0 Å². The second-order valence-electron chi connectivity index (χ2n) is 16.3. The Labute approximate surface area is 314 Å². The van der Waals surface area contributed by atoms with Gasteiger partial charge in [-0.05, 0) is 121 Å². The molecule has 53 heavy (non-hydrogen) atoms. The Hall–Kier alpha value is -5.58. The lowest BCUT2D eigenvalue weighted by molar-refractivity contribution is 0.483. The molecule has 0 saturated carbocycles. The van der Waals surface area contributed by atoms with Gasteiger partial charge in [0.2, 0.25) is 0 Å². The van der Waals surface area contributed by atoms with E-state index in [4.69, 9.17) is 4.74 Å². The largest absolute Gasteiger partial charge is 0.458 e. The summed E-state index contributed by atoms with van der Waals surface area (Å²) in [6.45, 7) is 13.5. The van der Waals surface area contributed by atoms with Crippen molar-refractivity contribution in [1.82, 2.24) is 0 Å². The minimum absolute atomic E-state index is 0.00381. The lowest BCUT2D eigenvalue weighted by Gasteiger charge is -2.42. The van der Waals surface area contributed by atoms with Crippen LogP contribution in [0.2, 0.25) is 0 Å². The Bertz CT molecular complexity index is 2580. The minimum atomic E-state index is -2.72. The highest BCUT2D eigenvalue weighted by molar-refractivity contribution is 7.22. The van der Waals surface area contributed by atoms with Gasteiger partial charge in [-0.3, -0.25) is 0 Å². The molecule has 0 amide bonds. The van der Waals surface area contributed by atoms with Gasteiger partial charge in [-0.1, -0.05) is 142 Å². The molecule has 3 aliphatic rings. The quantitative estimate of drug-likeness (QED) is 0.176. The van der Waals surface area contributed by atoms with E-state index >= 15 is 0 Å². The van der Waals surface area contributed by atoms with Crippen LogP contribution in [0.1, 0.15) is 43.0 Å². The molecule has 4 heteroatoms. The molecule has 0 atom stereocenters. The number of aryl methyl sites for hydroxylation is 3. The summed E-state index contributed by atoms with van der Waals surface area (Å²) in [5.74, 6) is 1.93. The molecule has 0 aromatic heterocycles. The zero-order valence-electron chi connectivity index (χ0n) is 31.3. The monoisotopic (exact) mass is 699 g/mol. The van der Waals surface area contributed by atoms with Crippen LogP contribution in [0.15, 0.2) is 146 Å². The van der Waals surface area contributed by atoms with E-state index in [-0.39, 0.29) is 12.1 Å². The van der Waals surface area contributed by atoms with Crippen molar-refractivity contribution in [3.05, 3.63) is 168 Å². The minimum Gasteiger partial charge on any atom is -0.458 e. The molecule has 0 saturated heterocycles. The normalized spacial score (nSPS) is 14.5. The summed E-state index contributed by atoms with van der Waals surface area (Å²) in [6, 6.07) is 55.6. The highest BCUT2D eigenvalue weighted by atomic mass is 28.3. The maximum atomic E-state index is 6.99. The van der Waals surface area contributed by atoms with Crippen molar-refractivity contribution in [3.8, 4) is 22.6 Å². The first-order valence-electron chi connectivity index (χ1n) is 18.9. The number of ether oxygens (including phenoxy) is 1. The number of nitrogens with zero attached hydrogens (tertiary/aromatic N) is 1. The Morgan fingerprint density at radius 1 is 0.528 bits per heavy atom. The molecule has 2 nitrogen and oxygen atoms in total. The molecule has 0 fully saturated rings. The molecule has 0 bridgehead atoms. The lowest BCUT2D eigenvalue weighted by atomic mass is 9.34. The predicted molar refractivity (Wildman–Crippen MR) is 228 cm³/mol. The molecule has 10 rings (SSSR count). The van der Waals surface area contributed by atoms with Crippen molar-refractivity contribution >= 4 is 69.0 Å². The van der Waals surface area contributed by atoms with Crippen molar-refractivity contribution in [1.29, 1.82) is 0 Å². The van der Waals surface area contributed by atoms with Gasteiger partial charge in [0.15, 0.2) is 8.07 Å². The van der Waals surface area contributed by atoms with Gasteiger partial charge in [0, 0.05) is 17.1 Å². The average molecular weight is 700 g/mol. The molecular weight excluding hydrogens is 657 g/mol. The summed E-state index contributed by atoms with van der Waals surface area (Å²) in [6.07, 6.45) is 0. The van der Waals surface area contributed by atoms with Gasteiger partial charge in [0.1, 0.15) is 11.5 Å². The van der Waals surface area contributed by atoms with E-state index < -0.39 is 8.07 Å². The van der Waals surface area contributed by atoms with Crippen LogP contribution in [-0.4, -0.2) is 14.8 Å². The molecule has 0 radical (unpaired) electrons. The van der Waals surface area contributed by atoms with Crippen molar-refractivity contribution in [2.45, 2.75) is 47.0 Å². The Kier molecular flexibility index (Phi) is 6.94. The fourth-order valence-corrected chi connectivity index (χ4v) is 14.8. The second-order valence-corrected chi connectivity index (χ2v) is 20.1. The third-order valence-electron chi connectivity index (χ3n) is 12.0. The summed E-state index contributed by atoms with van der Waals surface area (Å²) < 4.78 is 6.99. The molecule has 0 spiro atoms. The van der Waals surface area contributed by atoms with Gasteiger partial charge in [-0.15, -0.1) is 0 Å². The highest BCUT2D eigenvalue weighted by Crippen LogP contribution is 2.44. The van der Waals surface area contributed by atoms with Crippen LogP contribution in [0.4, 0.5) is 17.1 Å². The molecule has 256 valence electrons. The molecule has 0 N–H and O–H groups in total. The number of anilines is 3. The van der Waals surface area contributed by atoms with E-state index in [1.54, 1.807) is 0 Å². The molecule has 0 aliphatic carbocycles. The van der Waals surface area contributed by atoms with Crippen LogP contribution in [0.5, 0.6) is 11.5 Å². The van der Waals surface area contributed by atoms with E-state index in [0.717, 1.165) is 11.5 Å². The summed E-state index contributed by atoms with van der Waals surface area (Å²) >= 11 is 0. The number of fused-ring (bicyclic) bond motifs is 7. The van der Waals surface area contributed by atoms with Gasteiger partial charge >= 0.3 is 0 Å². The zero-order valence-corrected chi connectivity index (χ0v) is 32.3. The van der Waals surface area contributed by atoms with Crippen LogP contribution in [-0.2, 0) is 5.41 Å². The summed E-state index contributed by atoms with van der Waals surface area (Å²) in [4.78, 5) is 2.54. The third-order valence-corrected chi connectivity index (χ3v) is 16.8. The molecule has 0 unspecified atom stereocenters. The Morgan fingerprint density at radius 3 is 1.92 bits per heavy atom. The van der Waals surface area contributed by atoms with E-state index in [9.17, 15) is 0 Å². The first kappa shape index (κ1) is 32.1. The Balaban J connectivity index is 1.35. The standard InChI is InChI=1S/C49H42BNOSi/c1-31-21-24-41(33(3)25-31)51-42-29-38-37-19-13-14-20-46(37)53(35-15-9-7-10-16-35,36-17-11-8-12-18-36)47(38)30-40(42)50-39-23-22-34(49(4,5)6)28-44(39)52-45-27-32(2)26-43(51)48(45)50/h7-30H,1-6H3. The van der Waals surface area contributed by atoms with Crippen LogP contribution in [0, 0.1) is 20.8 Å². The Morgan fingerprint density at radius 2 is 1.23 bits per heavy atom. The first-order chi connectivity index (χ1) is 25.6. The van der Waals surface area contributed by atoms with Crippen LogP contribution in [0.25, 0.3) is 11.1 Å². The van der Waals surface area contributed by atoms with Crippen molar-refractivity contribution in [3.63, 3.8) is 0 Å². The fourth-order valence-electron chi connectivity index (χ4n) is 9.59. The lowest BCUT2D eigenvalue weighted by Crippen LogP contribution is -2.73. The highest BCUT2D eigenvalue weighted by Gasteiger charge is 2.51.